The van der Waals surface area contributed by atoms with Gasteiger partial charge < -0.3 is 10.2 Å². The SMILES string of the molecule is O=C(Nc1ccccc1C(=O)N1CCCCC1)C1CC2CCC1C2. The Morgan fingerprint density at radius 2 is 1.79 bits per heavy atom. The summed E-state index contributed by atoms with van der Waals surface area (Å²) in [6.45, 7) is 1.65. The molecule has 2 saturated carbocycles. The van der Waals surface area contributed by atoms with Crippen LogP contribution >= 0.6 is 0 Å². The van der Waals surface area contributed by atoms with Gasteiger partial charge in [-0.1, -0.05) is 18.6 Å². The van der Waals surface area contributed by atoms with Gasteiger partial charge in [0.25, 0.3) is 5.91 Å². The van der Waals surface area contributed by atoms with E-state index in [2.05, 4.69) is 5.32 Å². The Hall–Kier alpha value is -1.84. The number of carbonyl (C=O) groups excluding carboxylic acids is 2. The molecule has 1 aromatic rings. The van der Waals surface area contributed by atoms with Crippen molar-refractivity contribution in [1.82, 2.24) is 4.90 Å². The lowest BCUT2D eigenvalue weighted by Gasteiger charge is -2.28. The zero-order valence-electron chi connectivity index (χ0n) is 14.2. The lowest BCUT2D eigenvalue weighted by atomic mass is 9.88. The van der Waals surface area contributed by atoms with Gasteiger partial charge in [-0.2, -0.15) is 0 Å². The van der Waals surface area contributed by atoms with Crippen LogP contribution in [0.4, 0.5) is 5.69 Å². The molecule has 3 aliphatic rings. The Morgan fingerprint density at radius 3 is 2.50 bits per heavy atom. The van der Waals surface area contributed by atoms with Crippen LogP contribution in [0, 0.1) is 17.8 Å². The molecule has 1 aliphatic heterocycles. The second kappa shape index (κ2) is 6.58. The quantitative estimate of drug-likeness (QED) is 0.921. The number of nitrogens with one attached hydrogen (secondary N) is 1. The van der Waals surface area contributed by atoms with E-state index in [1.54, 1.807) is 0 Å². The average Bonchev–Trinajstić information content (AvgIpc) is 3.26. The Kier molecular flexibility index (Phi) is 4.30. The molecule has 1 saturated heterocycles. The van der Waals surface area contributed by atoms with Gasteiger partial charge >= 0.3 is 0 Å². The van der Waals surface area contributed by atoms with Crippen molar-refractivity contribution >= 4 is 17.5 Å². The van der Waals surface area contributed by atoms with Gasteiger partial charge in [0.05, 0.1) is 11.3 Å². The van der Waals surface area contributed by atoms with E-state index in [1.807, 2.05) is 29.2 Å². The van der Waals surface area contributed by atoms with Crippen LogP contribution in [0.15, 0.2) is 24.3 Å². The molecule has 24 heavy (non-hydrogen) atoms. The molecule has 0 radical (unpaired) electrons. The number of rotatable bonds is 3. The van der Waals surface area contributed by atoms with E-state index in [4.69, 9.17) is 0 Å². The highest BCUT2D eigenvalue weighted by Crippen LogP contribution is 2.48. The first-order valence-corrected chi connectivity index (χ1v) is 9.41. The summed E-state index contributed by atoms with van der Waals surface area (Å²) in [5, 5.41) is 3.07. The minimum Gasteiger partial charge on any atom is -0.339 e. The van der Waals surface area contributed by atoms with Crippen molar-refractivity contribution in [2.75, 3.05) is 18.4 Å². The van der Waals surface area contributed by atoms with Crippen LogP contribution in [0.2, 0.25) is 0 Å². The fourth-order valence-electron chi connectivity index (χ4n) is 4.84. The average molecular weight is 326 g/mol. The monoisotopic (exact) mass is 326 g/mol. The Bertz CT molecular complexity index is 636. The number of nitrogens with zero attached hydrogens (tertiary/aromatic N) is 1. The summed E-state index contributed by atoms with van der Waals surface area (Å²) in [6, 6.07) is 7.48. The highest BCUT2D eigenvalue weighted by atomic mass is 16.2. The summed E-state index contributed by atoms with van der Waals surface area (Å²) in [7, 11) is 0. The minimum absolute atomic E-state index is 0.0542. The van der Waals surface area contributed by atoms with E-state index in [1.165, 1.54) is 25.7 Å². The number of amides is 2. The van der Waals surface area contributed by atoms with Gasteiger partial charge in [-0.05, 0) is 62.5 Å². The van der Waals surface area contributed by atoms with E-state index in [0.717, 1.165) is 38.3 Å². The number of para-hydroxylation sites is 1. The number of anilines is 1. The standard InChI is InChI=1S/C20H26N2O2/c23-19(17-13-14-8-9-15(17)12-14)21-18-7-3-2-6-16(18)20(24)22-10-4-1-5-11-22/h2-3,6-7,14-15,17H,1,4-5,8-13H2,(H,21,23). The predicted octanol–water partition coefficient (Wildman–Crippen LogP) is 3.69. The van der Waals surface area contributed by atoms with Crippen LogP contribution in [0.3, 0.4) is 0 Å². The maximum absolute atomic E-state index is 12.8. The van der Waals surface area contributed by atoms with E-state index < -0.39 is 0 Å². The Labute approximate surface area is 143 Å². The second-order valence-electron chi connectivity index (χ2n) is 7.67. The van der Waals surface area contributed by atoms with Crippen LogP contribution in [-0.4, -0.2) is 29.8 Å². The topological polar surface area (TPSA) is 49.4 Å². The molecule has 1 N–H and O–H groups in total. The van der Waals surface area contributed by atoms with Crippen molar-refractivity contribution in [3.05, 3.63) is 29.8 Å². The van der Waals surface area contributed by atoms with Crippen molar-refractivity contribution in [3.8, 4) is 0 Å². The normalized spacial score (nSPS) is 28.8. The third kappa shape index (κ3) is 2.94. The minimum atomic E-state index is 0.0542. The van der Waals surface area contributed by atoms with Crippen LogP contribution in [0.5, 0.6) is 0 Å². The zero-order chi connectivity index (χ0) is 16.5. The molecule has 1 heterocycles. The van der Waals surface area contributed by atoms with Crippen molar-refractivity contribution in [3.63, 3.8) is 0 Å². The molecule has 1 aromatic carbocycles. The maximum atomic E-state index is 12.8. The van der Waals surface area contributed by atoms with E-state index in [0.29, 0.717) is 17.2 Å². The number of benzene rings is 1. The first kappa shape index (κ1) is 15.7. The Morgan fingerprint density at radius 1 is 1.00 bits per heavy atom. The number of hydrogen-bond acceptors (Lipinski definition) is 2. The van der Waals surface area contributed by atoms with Crippen molar-refractivity contribution < 1.29 is 9.59 Å². The molecular weight excluding hydrogens is 300 g/mol. The van der Waals surface area contributed by atoms with Gasteiger partial charge in [-0.3, -0.25) is 9.59 Å². The van der Waals surface area contributed by atoms with E-state index >= 15 is 0 Å². The molecule has 2 aliphatic carbocycles. The first-order chi connectivity index (χ1) is 11.7. The summed E-state index contributed by atoms with van der Waals surface area (Å²) < 4.78 is 0. The molecule has 2 amide bonds. The highest BCUT2D eigenvalue weighted by Gasteiger charge is 2.43. The predicted molar refractivity (Wildman–Crippen MR) is 93.8 cm³/mol. The van der Waals surface area contributed by atoms with Gasteiger partial charge in [0.15, 0.2) is 0 Å². The second-order valence-corrected chi connectivity index (χ2v) is 7.67. The molecule has 4 heteroatoms. The molecule has 2 bridgehead atoms. The number of fused-ring (bicyclic) bond motifs is 2. The largest absolute Gasteiger partial charge is 0.339 e. The Balaban J connectivity index is 1.49. The number of hydrogen-bond donors (Lipinski definition) is 1. The summed E-state index contributed by atoms with van der Waals surface area (Å²) in [6.07, 6.45) is 8.07. The summed E-state index contributed by atoms with van der Waals surface area (Å²) in [5.74, 6) is 1.61. The van der Waals surface area contributed by atoms with Crippen LogP contribution in [0.25, 0.3) is 0 Å². The molecule has 4 nitrogen and oxygen atoms in total. The number of piperidine rings is 1. The number of likely N-dealkylation sites (tertiary alicyclic amines) is 1. The molecule has 3 fully saturated rings. The van der Waals surface area contributed by atoms with Gasteiger partial charge in [0.1, 0.15) is 0 Å². The van der Waals surface area contributed by atoms with Crippen molar-refractivity contribution in [2.24, 2.45) is 17.8 Å². The number of carbonyl (C=O) groups is 2. The maximum Gasteiger partial charge on any atom is 0.255 e. The molecule has 0 aromatic heterocycles. The zero-order valence-corrected chi connectivity index (χ0v) is 14.2. The molecule has 4 rings (SSSR count). The lowest BCUT2D eigenvalue weighted by Crippen LogP contribution is -2.36. The van der Waals surface area contributed by atoms with Crippen molar-refractivity contribution in [2.45, 2.75) is 44.9 Å². The third-order valence-corrected chi connectivity index (χ3v) is 6.13. The van der Waals surface area contributed by atoms with Gasteiger partial charge in [-0.25, -0.2) is 0 Å². The molecule has 3 unspecified atom stereocenters. The third-order valence-electron chi connectivity index (χ3n) is 6.13. The fraction of sp³-hybridized carbons (Fsp3) is 0.600. The smallest absolute Gasteiger partial charge is 0.255 e. The summed E-state index contributed by atoms with van der Waals surface area (Å²) >= 11 is 0. The highest BCUT2D eigenvalue weighted by molar-refractivity contribution is 6.04. The fourth-order valence-corrected chi connectivity index (χ4v) is 4.84. The summed E-state index contributed by atoms with van der Waals surface area (Å²) in [4.78, 5) is 27.5. The van der Waals surface area contributed by atoms with E-state index in [9.17, 15) is 9.59 Å². The molecular formula is C20H26N2O2. The lowest BCUT2D eigenvalue weighted by molar-refractivity contribution is -0.121. The van der Waals surface area contributed by atoms with Crippen LogP contribution < -0.4 is 5.32 Å². The van der Waals surface area contributed by atoms with Gasteiger partial charge in [0.2, 0.25) is 5.91 Å². The van der Waals surface area contributed by atoms with Crippen LogP contribution in [0.1, 0.15) is 55.3 Å². The molecule has 0 spiro atoms. The van der Waals surface area contributed by atoms with E-state index in [-0.39, 0.29) is 17.7 Å². The van der Waals surface area contributed by atoms with Crippen molar-refractivity contribution in [1.29, 1.82) is 0 Å². The summed E-state index contributed by atoms with van der Waals surface area (Å²) in [5.41, 5.74) is 1.32. The first-order valence-electron chi connectivity index (χ1n) is 9.41. The van der Waals surface area contributed by atoms with Gasteiger partial charge in [0, 0.05) is 19.0 Å². The van der Waals surface area contributed by atoms with Gasteiger partial charge in [-0.15, -0.1) is 0 Å². The molecule has 3 atom stereocenters. The van der Waals surface area contributed by atoms with Crippen LogP contribution in [-0.2, 0) is 4.79 Å². The molecule has 128 valence electrons.